The van der Waals surface area contributed by atoms with E-state index in [0.717, 1.165) is 11.6 Å². The summed E-state index contributed by atoms with van der Waals surface area (Å²) in [6.45, 7) is 0.324. The Labute approximate surface area is 146 Å². The van der Waals surface area contributed by atoms with Crippen molar-refractivity contribution < 1.29 is 22.7 Å². The molecular weight excluding hydrogens is 351 g/mol. The van der Waals surface area contributed by atoms with Gasteiger partial charge in [0, 0.05) is 5.75 Å². The number of nitrogens with one attached hydrogen (secondary N) is 1. The zero-order valence-corrected chi connectivity index (χ0v) is 13.8. The van der Waals surface area contributed by atoms with Crippen LogP contribution in [0.1, 0.15) is 11.1 Å². The second-order valence-corrected chi connectivity index (χ2v) is 6.32. The first-order chi connectivity index (χ1) is 12.0. The van der Waals surface area contributed by atoms with Gasteiger partial charge < -0.3 is 10.1 Å². The van der Waals surface area contributed by atoms with Crippen molar-refractivity contribution in [1.82, 2.24) is 0 Å². The average Bonchev–Trinajstić information content (AvgIpc) is 2.62. The molecule has 3 nitrogen and oxygen atoms in total. The number of anilines is 1. The van der Waals surface area contributed by atoms with Crippen LogP contribution >= 0.6 is 11.8 Å². The lowest BCUT2D eigenvalue weighted by Gasteiger charge is -2.21. The van der Waals surface area contributed by atoms with E-state index in [9.17, 15) is 18.0 Å². The number of benzene rings is 2. The molecular formula is C18H14F3NO2S. The number of hydrogen-bond donors (Lipinski definition) is 1. The molecule has 3 rings (SSSR count). The summed E-state index contributed by atoms with van der Waals surface area (Å²) in [4.78, 5) is 13.2. The molecule has 0 saturated heterocycles. The van der Waals surface area contributed by atoms with E-state index in [2.05, 4.69) is 5.32 Å². The molecule has 0 bridgehead atoms. The molecule has 1 aliphatic rings. The lowest BCUT2D eigenvalue weighted by atomic mass is 10.1. The van der Waals surface area contributed by atoms with Gasteiger partial charge in [0.15, 0.2) is 5.76 Å². The monoisotopic (exact) mass is 365 g/mol. The minimum Gasteiger partial charge on any atom is -0.486 e. The van der Waals surface area contributed by atoms with Gasteiger partial charge >= 0.3 is 6.18 Å². The molecule has 0 radical (unpaired) electrons. The second-order valence-electron chi connectivity index (χ2n) is 5.22. The maximum atomic E-state index is 13.1. The summed E-state index contributed by atoms with van der Waals surface area (Å²) in [5.41, 5.74) is -0.394. The van der Waals surface area contributed by atoms with E-state index in [-0.39, 0.29) is 11.4 Å². The van der Waals surface area contributed by atoms with Gasteiger partial charge in [-0.1, -0.05) is 42.5 Å². The number of halogens is 3. The molecule has 2 aromatic carbocycles. The number of amides is 1. The van der Waals surface area contributed by atoms with Crippen molar-refractivity contribution in [2.45, 2.75) is 6.18 Å². The van der Waals surface area contributed by atoms with Crippen LogP contribution in [0.4, 0.5) is 18.9 Å². The van der Waals surface area contributed by atoms with Crippen LogP contribution in [0.2, 0.25) is 0 Å². The van der Waals surface area contributed by atoms with Crippen molar-refractivity contribution in [3.63, 3.8) is 0 Å². The first-order valence-corrected chi connectivity index (χ1v) is 8.48. The van der Waals surface area contributed by atoms with Gasteiger partial charge in [0.05, 0.1) is 22.8 Å². The molecule has 0 fully saturated rings. The largest absolute Gasteiger partial charge is 0.486 e. The van der Waals surface area contributed by atoms with E-state index in [1.165, 1.54) is 30.0 Å². The number of para-hydroxylation sites is 1. The van der Waals surface area contributed by atoms with Crippen LogP contribution in [0, 0.1) is 0 Å². The maximum absolute atomic E-state index is 13.1. The van der Waals surface area contributed by atoms with Crippen LogP contribution in [-0.4, -0.2) is 18.3 Å². The summed E-state index contributed by atoms with van der Waals surface area (Å²) in [7, 11) is 0. The van der Waals surface area contributed by atoms with Crippen molar-refractivity contribution in [3.05, 3.63) is 71.5 Å². The molecule has 1 heterocycles. The molecule has 2 aromatic rings. The van der Waals surface area contributed by atoms with E-state index >= 15 is 0 Å². The van der Waals surface area contributed by atoms with Crippen molar-refractivity contribution in [2.24, 2.45) is 0 Å². The summed E-state index contributed by atoms with van der Waals surface area (Å²) in [6.07, 6.45) is -4.55. The van der Waals surface area contributed by atoms with E-state index in [0.29, 0.717) is 17.3 Å². The Bertz CT molecular complexity index is 803. The molecule has 7 heteroatoms. The Morgan fingerprint density at radius 1 is 1.04 bits per heavy atom. The molecule has 0 saturated carbocycles. The fourth-order valence-electron chi connectivity index (χ4n) is 2.41. The maximum Gasteiger partial charge on any atom is 0.418 e. The first kappa shape index (κ1) is 17.4. The third kappa shape index (κ3) is 3.99. The first-order valence-electron chi connectivity index (χ1n) is 7.49. The number of rotatable bonds is 3. The van der Waals surface area contributed by atoms with E-state index in [1.807, 2.05) is 30.3 Å². The van der Waals surface area contributed by atoms with E-state index < -0.39 is 17.6 Å². The summed E-state index contributed by atoms with van der Waals surface area (Å²) in [5, 5.41) is 2.33. The molecule has 1 N–H and O–H groups in total. The van der Waals surface area contributed by atoms with Crippen LogP contribution in [-0.2, 0) is 15.7 Å². The highest BCUT2D eigenvalue weighted by molar-refractivity contribution is 8.08. The van der Waals surface area contributed by atoms with Crippen LogP contribution < -0.4 is 5.32 Å². The summed E-state index contributed by atoms with van der Waals surface area (Å²) in [6, 6.07) is 14.0. The Hall–Kier alpha value is -2.41. The highest BCUT2D eigenvalue weighted by atomic mass is 32.2. The zero-order chi connectivity index (χ0) is 17.9. The molecule has 0 unspecified atom stereocenters. The van der Waals surface area contributed by atoms with Gasteiger partial charge in [-0.25, -0.2) is 0 Å². The molecule has 0 aliphatic carbocycles. The van der Waals surface area contributed by atoms with Crippen molar-refractivity contribution >= 4 is 28.3 Å². The SMILES string of the molecule is O=C(Nc1ccccc1C(F)(F)F)C1=C(c2ccccc2)SCCO1. The Morgan fingerprint density at radius 3 is 2.44 bits per heavy atom. The zero-order valence-electron chi connectivity index (χ0n) is 13.0. The summed E-state index contributed by atoms with van der Waals surface area (Å²) >= 11 is 1.44. The minimum atomic E-state index is -4.55. The second kappa shape index (κ2) is 7.23. The Balaban J connectivity index is 1.94. The highest BCUT2D eigenvalue weighted by Crippen LogP contribution is 2.37. The number of ether oxygens (including phenoxy) is 1. The number of hydrogen-bond acceptors (Lipinski definition) is 3. The van der Waals surface area contributed by atoms with Gasteiger partial charge in [-0.3, -0.25) is 4.79 Å². The van der Waals surface area contributed by atoms with Crippen molar-refractivity contribution in [2.75, 3.05) is 17.7 Å². The molecule has 0 atom stereocenters. The molecule has 130 valence electrons. The summed E-state index contributed by atoms with van der Waals surface area (Å²) in [5.74, 6) is 0.0161. The van der Waals surface area contributed by atoms with Gasteiger partial charge in [0.25, 0.3) is 5.91 Å². The van der Waals surface area contributed by atoms with E-state index in [4.69, 9.17) is 4.74 Å². The third-order valence-corrected chi connectivity index (χ3v) is 4.59. The number of thioether (sulfide) groups is 1. The standard InChI is InChI=1S/C18H14F3NO2S/c19-18(20,21)13-8-4-5-9-14(13)22-17(23)15-16(25-11-10-24-15)12-6-2-1-3-7-12/h1-9H,10-11H2,(H,22,23). The molecule has 1 aliphatic heterocycles. The fourth-order valence-corrected chi connectivity index (χ4v) is 3.37. The predicted molar refractivity (Wildman–Crippen MR) is 91.8 cm³/mol. The number of carbonyl (C=O) groups is 1. The lowest BCUT2D eigenvalue weighted by molar-refractivity contribution is -0.137. The number of carbonyl (C=O) groups excluding carboxylic acids is 1. The normalized spacial score (nSPS) is 14.8. The number of alkyl halides is 3. The van der Waals surface area contributed by atoms with Crippen LogP contribution in [0.15, 0.2) is 60.4 Å². The third-order valence-electron chi connectivity index (χ3n) is 3.51. The fraction of sp³-hybridized carbons (Fsp3) is 0.167. The quantitative estimate of drug-likeness (QED) is 0.851. The molecule has 1 amide bonds. The average molecular weight is 365 g/mol. The van der Waals surface area contributed by atoms with Crippen molar-refractivity contribution in [3.8, 4) is 0 Å². The van der Waals surface area contributed by atoms with Crippen LogP contribution in [0.5, 0.6) is 0 Å². The van der Waals surface area contributed by atoms with Gasteiger partial charge in [0.1, 0.15) is 0 Å². The molecule has 0 aromatic heterocycles. The van der Waals surface area contributed by atoms with Gasteiger partial charge in [-0.2, -0.15) is 13.2 Å². The van der Waals surface area contributed by atoms with Gasteiger partial charge in [0.2, 0.25) is 0 Å². The Morgan fingerprint density at radius 2 is 1.72 bits per heavy atom. The highest BCUT2D eigenvalue weighted by Gasteiger charge is 2.34. The predicted octanol–water partition coefficient (Wildman–Crippen LogP) is 4.78. The smallest absolute Gasteiger partial charge is 0.418 e. The molecule has 0 spiro atoms. The van der Waals surface area contributed by atoms with Crippen LogP contribution in [0.3, 0.4) is 0 Å². The van der Waals surface area contributed by atoms with E-state index in [1.54, 1.807) is 0 Å². The van der Waals surface area contributed by atoms with Crippen molar-refractivity contribution in [1.29, 1.82) is 0 Å². The minimum absolute atomic E-state index is 0.0411. The lowest BCUT2D eigenvalue weighted by Crippen LogP contribution is -2.22. The van der Waals surface area contributed by atoms with Crippen LogP contribution in [0.25, 0.3) is 4.91 Å². The van der Waals surface area contributed by atoms with Gasteiger partial charge in [-0.05, 0) is 17.7 Å². The summed E-state index contributed by atoms with van der Waals surface area (Å²) < 4.78 is 44.7. The Kier molecular flexibility index (Phi) is 5.03. The molecule has 25 heavy (non-hydrogen) atoms. The van der Waals surface area contributed by atoms with Gasteiger partial charge in [-0.15, -0.1) is 11.8 Å². The topological polar surface area (TPSA) is 38.3 Å².